The summed E-state index contributed by atoms with van der Waals surface area (Å²) in [5.41, 5.74) is -0.228. The van der Waals surface area contributed by atoms with Crippen LogP contribution in [0, 0.1) is 29.1 Å². The number of hydrogen-bond donors (Lipinski definition) is 2. The van der Waals surface area contributed by atoms with Crippen molar-refractivity contribution < 1.29 is 22.8 Å². The van der Waals surface area contributed by atoms with Crippen LogP contribution in [0.1, 0.15) is 70.6 Å². The summed E-state index contributed by atoms with van der Waals surface area (Å²) in [7, 11) is 0. The maximum absolute atomic E-state index is 12.9. The Morgan fingerprint density at radius 2 is 1.54 bits per heavy atom. The van der Waals surface area contributed by atoms with Crippen molar-refractivity contribution in [2.24, 2.45) is 29.1 Å². The van der Waals surface area contributed by atoms with Crippen molar-refractivity contribution in [3.63, 3.8) is 0 Å². The third kappa shape index (κ3) is 4.18. The van der Waals surface area contributed by atoms with Crippen LogP contribution in [0.4, 0.5) is 13.2 Å². The van der Waals surface area contributed by atoms with Gasteiger partial charge in [0.05, 0.1) is 5.92 Å². The normalized spacial score (nSPS) is 39.6. The number of rotatable bonds is 5. The molecule has 0 aromatic rings. The maximum atomic E-state index is 12.9. The molecule has 0 saturated heterocycles. The van der Waals surface area contributed by atoms with Gasteiger partial charge in [-0.1, -0.05) is 6.42 Å². The van der Waals surface area contributed by atoms with E-state index in [0.717, 1.165) is 19.3 Å². The Balaban J connectivity index is 1.21. The van der Waals surface area contributed by atoms with Gasteiger partial charge in [-0.3, -0.25) is 9.59 Å². The zero-order valence-electron chi connectivity index (χ0n) is 16.3. The van der Waals surface area contributed by atoms with Crippen LogP contribution in [0.3, 0.4) is 0 Å². The first-order valence-corrected chi connectivity index (χ1v) is 10.9. The molecule has 5 aliphatic rings. The van der Waals surface area contributed by atoms with Gasteiger partial charge in [-0.15, -0.1) is 0 Å². The SMILES string of the molecule is O=C(CCNC(=O)C12CC3CC(CC(C3)C1)C2)NC1CCCC(C(F)(F)F)C1. The van der Waals surface area contributed by atoms with E-state index in [1.807, 2.05) is 0 Å². The van der Waals surface area contributed by atoms with E-state index >= 15 is 0 Å². The number of amides is 2. The molecule has 7 heteroatoms. The minimum absolute atomic E-state index is 0.0329. The van der Waals surface area contributed by atoms with Gasteiger partial charge in [-0.25, -0.2) is 0 Å². The quantitative estimate of drug-likeness (QED) is 0.734. The standard InChI is InChI=1S/C21H31F3N2O2/c22-21(23,24)16-2-1-3-17(9-16)26-18(27)4-5-25-19(28)20-10-13-6-14(11-20)8-15(7-13)12-20/h13-17H,1-12H2,(H,25,28)(H,26,27). The summed E-state index contributed by atoms with van der Waals surface area (Å²) in [5.74, 6) is 0.574. The molecule has 5 fully saturated rings. The highest BCUT2D eigenvalue weighted by Gasteiger charge is 2.54. The van der Waals surface area contributed by atoms with E-state index in [-0.39, 0.29) is 43.0 Å². The Kier molecular flexibility index (Phi) is 5.38. The predicted octanol–water partition coefficient (Wildman–Crippen LogP) is 3.95. The van der Waals surface area contributed by atoms with E-state index in [1.165, 1.54) is 19.3 Å². The minimum Gasteiger partial charge on any atom is -0.355 e. The number of nitrogens with one attached hydrogen (secondary N) is 2. The monoisotopic (exact) mass is 400 g/mol. The second-order valence-electron chi connectivity index (χ2n) is 9.87. The number of carbonyl (C=O) groups is 2. The molecule has 2 amide bonds. The summed E-state index contributed by atoms with van der Waals surface area (Å²) in [6.45, 7) is 0.266. The maximum Gasteiger partial charge on any atom is 0.391 e. The Morgan fingerprint density at radius 3 is 2.11 bits per heavy atom. The number of halogens is 3. The molecular formula is C21H31F3N2O2. The molecule has 0 aliphatic heterocycles. The molecular weight excluding hydrogens is 369 g/mol. The van der Waals surface area contributed by atoms with Crippen molar-refractivity contribution in [3.05, 3.63) is 0 Å². The second-order valence-corrected chi connectivity index (χ2v) is 9.87. The predicted molar refractivity (Wildman–Crippen MR) is 98.2 cm³/mol. The lowest BCUT2D eigenvalue weighted by Crippen LogP contribution is -2.54. The molecule has 4 nitrogen and oxygen atoms in total. The molecule has 5 saturated carbocycles. The van der Waals surface area contributed by atoms with Crippen molar-refractivity contribution in [2.45, 2.75) is 82.8 Å². The number of alkyl halides is 3. The van der Waals surface area contributed by atoms with Gasteiger partial charge in [0.25, 0.3) is 0 Å². The first kappa shape index (κ1) is 20.0. The molecule has 2 atom stereocenters. The fourth-order valence-electron chi connectivity index (χ4n) is 6.78. The van der Waals surface area contributed by atoms with Gasteiger partial charge in [-0.2, -0.15) is 13.2 Å². The molecule has 0 radical (unpaired) electrons. The van der Waals surface area contributed by atoms with Crippen molar-refractivity contribution in [3.8, 4) is 0 Å². The molecule has 28 heavy (non-hydrogen) atoms. The highest BCUT2D eigenvalue weighted by atomic mass is 19.4. The molecule has 2 N–H and O–H groups in total. The van der Waals surface area contributed by atoms with Gasteiger partial charge in [0.2, 0.25) is 11.8 Å². The Bertz CT molecular complexity index is 584. The molecule has 5 aliphatic carbocycles. The Morgan fingerprint density at radius 1 is 0.929 bits per heavy atom. The highest BCUT2D eigenvalue weighted by Crippen LogP contribution is 2.60. The second kappa shape index (κ2) is 7.52. The lowest BCUT2D eigenvalue weighted by atomic mass is 9.49. The Hall–Kier alpha value is -1.27. The average molecular weight is 400 g/mol. The molecule has 4 bridgehead atoms. The average Bonchev–Trinajstić information content (AvgIpc) is 2.60. The molecule has 2 unspecified atom stereocenters. The van der Waals surface area contributed by atoms with Crippen LogP contribution in [-0.4, -0.2) is 30.6 Å². The van der Waals surface area contributed by atoms with E-state index in [4.69, 9.17) is 0 Å². The lowest BCUT2D eigenvalue weighted by molar-refractivity contribution is -0.184. The zero-order chi connectivity index (χ0) is 19.9. The van der Waals surface area contributed by atoms with E-state index < -0.39 is 18.1 Å². The van der Waals surface area contributed by atoms with Gasteiger partial charge in [-0.05, 0) is 75.5 Å². The van der Waals surface area contributed by atoms with Crippen molar-refractivity contribution >= 4 is 11.8 Å². The first-order chi connectivity index (χ1) is 13.2. The molecule has 0 spiro atoms. The van der Waals surface area contributed by atoms with Crippen LogP contribution in [0.2, 0.25) is 0 Å². The van der Waals surface area contributed by atoms with Crippen LogP contribution in [-0.2, 0) is 9.59 Å². The van der Waals surface area contributed by atoms with Crippen LogP contribution in [0.25, 0.3) is 0 Å². The fraction of sp³-hybridized carbons (Fsp3) is 0.905. The van der Waals surface area contributed by atoms with Gasteiger partial charge in [0.1, 0.15) is 0 Å². The van der Waals surface area contributed by atoms with Gasteiger partial charge >= 0.3 is 6.18 Å². The lowest BCUT2D eigenvalue weighted by Gasteiger charge is -2.55. The molecule has 0 heterocycles. The van der Waals surface area contributed by atoms with E-state index in [2.05, 4.69) is 10.6 Å². The van der Waals surface area contributed by atoms with Gasteiger partial charge in [0.15, 0.2) is 0 Å². The van der Waals surface area contributed by atoms with Crippen LogP contribution in [0.5, 0.6) is 0 Å². The van der Waals surface area contributed by atoms with Crippen molar-refractivity contribution in [1.82, 2.24) is 10.6 Å². The van der Waals surface area contributed by atoms with E-state index in [9.17, 15) is 22.8 Å². The summed E-state index contributed by atoms with van der Waals surface area (Å²) in [6.07, 6.45) is 3.91. The summed E-state index contributed by atoms with van der Waals surface area (Å²) in [4.78, 5) is 25.0. The van der Waals surface area contributed by atoms with Crippen LogP contribution in [0.15, 0.2) is 0 Å². The van der Waals surface area contributed by atoms with Crippen LogP contribution >= 0.6 is 0 Å². The zero-order valence-corrected chi connectivity index (χ0v) is 16.3. The first-order valence-electron chi connectivity index (χ1n) is 10.9. The van der Waals surface area contributed by atoms with Gasteiger partial charge < -0.3 is 10.6 Å². The smallest absolute Gasteiger partial charge is 0.355 e. The Labute approximate surface area is 164 Å². The van der Waals surface area contributed by atoms with Crippen LogP contribution < -0.4 is 10.6 Å². The molecule has 5 rings (SSSR count). The third-order valence-corrected chi connectivity index (χ3v) is 7.66. The largest absolute Gasteiger partial charge is 0.391 e. The highest BCUT2D eigenvalue weighted by molar-refractivity contribution is 5.84. The topological polar surface area (TPSA) is 58.2 Å². The molecule has 0 aromatic carbocycles. The van der Waals surface area contributed by atoms with E-state index in [1.54, 1.807) is 0 Å². The summed E-state index contributed by atoms with van der Waals surface area (Å²) in [5, 5.41) is 5.70. The summed E-state index contributed by atoms with van der Waals surface area (Å²) >= 11 is 0. The summed E-state index contributed by atoms with van der Waals surface area (Å²) < 4.78 is 38.7. The van der Waals surface area contributed by atoms with Crippen molar-refractivity contribution in [2.75, 3.05) is 6.54 Å². The van der Waals surface area contributed by atoms with E-state index in [0.29, 0.717) is 30.6 Å². The molecule has 0 aromatic heterocycles. The van der Waals surface area contributed by atoms with Crippen molar-refractivity contribution in [1.29, 1.82) is 0 Å². The fourth-order valence-corrected chi connectivity index (χ4v) is 6.78. The number of carbonyl (C=O) groups excluding carboxylic acids is 2. The number of hydrogen-bond acceptors (Lipinski definition) is 2. The molecule has 158 valence electrons. The third-order valence-electron chi connectivity index (χ3n) is 7.66. The minimum atomic E-state index is -4.19. The summed E-state index contributed by atoms with van der Waals surface area (Å²) in [6, 6.07) is -0.410. The van der Waals surface area contributed by atoms with Gasteiger partial charge in [0, 0.05) is 24.4 Å².